The molecule has 0 unspecified atom stereocenters. The molecule has 0 aliphatic rings. The summed E-state index contributed by atoms with van der Waals surface area (Å²) in [5, 5.41) is 2.78. The van der Waals surface area contributed by atoms with Gasteiger partial charge in [-0.2, -0.15) is 0 Å². The number of methoxy groups -OCH3 is 1. The Labute approximate surface area is 125 Å². The Kier molecular flexibility index (Phi) is 4.24. The number of nitrogen functional groups attached to an aromatic ring is 1. The molecular weight excluding hydrogens is 322 g/mol. The first-order valence-electron chi connectivity index (χ1n) is 5.89. The van der Waals surface area contributed by atoms with E-state index < -0.39 is 0 Å². The van der Waals surface area contributed by atoms with E-state index >= 15 is 0 Å². The number of carbonyl (C=O) groups is 1. The lowest BCUT2D eigenvalue weighted by atomic mass is 10.1. The highest BCUT2D eigenvalue weighted by Gasteiger charge is 2.14. The fourth-order valence-electron chi connectivity index (χ4n) is 1.70. The Hall–Kier alpha value is -2.08. The molecule has 0 fully saturated rings. The van der Waals surface area contributed by atoms with Gasteiger partial charge in [-0.25, -0.2) is 4.98 Å². The maximum atomic E-state index is 12.2. The molecule has 2 rings (SSSR count). The van der Waals surface area contributed by atoms with Crippen molar-refractivity contribution in [3.8, 4) is 5.88 Å². The van der Waals surface area contributed by atoms with E-state index in [1.807, 2.05) is 13.0 Å². The third-order valence-electron chi connectivity index (χ3n) is 2.81. The lowest BCUT2D eigenvalue weighted by Gasteiger charge is -2.11. The Morgan fingerprint density at radius 3 is 2.90 bits per heavy atom. The Morgan fingerprint density at radius 1 is 1.45 bits per heavy atom. The van der Waals surface area contributed by atoms with E-state index in [0.717, 1.165) is 10.0 Å². The number of benzene rings is 1. The molecule has 3 N–H and O–H groups in total. The summed E-state index contributed by atoms with van der Waals surface area (Å²) in [4.78, 5) is 16.2. The summed E-state index contributed by atoms with van der Waals surface area (Å²) in [5.74, 6) is -0.0277. The minimum atomic E-state index is -0.307. The summed E-state index contributed by atoms with van der Waals surface area (Å²) in [6.45, 7) is 1.90. The first-order chi connectivity index (χ1) is 9.52. The number of amides is 1. The van der Waals surface area contributed by atoms with Gasteiger partial charge in [-0.15, -0.1) is 0 Å². The van der Waals surface area contributed by atoms with Gasteiger partial charge in [0.15, 0.2) is 0 Å². The van der Waals surface area contributed by atoms with Crippen LogP contribution in [-0.2, 0) is 0 Å². The molecule has 0 aliphatic heterocycles. The van der Waals surface area contributed by atoms with Crippen LogP contribution in [0.1, 0.15) is 15.9 Å². The SMILES string of the molecule is COc1ncccc1C(=O)Nc1cc(N)c(C)cc1Br. The van der Waals surface area contributed by atoms with Crippen LogP contribution in [0.4, 0.5) is 11.4 Å². The van der Waals surface area contributed by atoms with Crippen molar-refractivity contribution >= 4 is 33.2 Å². The van der Waals surface area contributed by atoms with Crippen molar-refractivity contribution in [1.29, 1.82) is 0 Å². The van der Waals surface area contributed by atoms with Crippen LogP contribution in [-0.4, -0.2) is 18.0 Å². The van der Waals surface area contributed by atoms with E-state index in [4.69, 9.17) is 10.5 Å². The molecule has 5 nitrogen and oxygen atoms in total. The van der Waals surface area contributed by atoms with E-state index in [1.54, 1.807) is 24.4 Å². The number of aryl methyl sites for hydroxylation is 1. The number of carbonyl (C=O) groups excluding carboxylic acids is 1. The van der Waals surface area contributed by atoms with Crippen LogP contribution < -0.4 is 15.8 Å². The number of nitrogens with two attached hydrogens (primary N) is 1. The summed E-state index contributed by atoms with van der Waals surface area (Å²) in [5.41, 5.74) is 8.37. The molecule has 0 spiro atoms. The molecule has 0 aliphatic carbocycles. The van der Waals surface area contributed by atoms with Gasteiger partial charge >= 0.3 is 0 Å². The van der Waals surface area contributed by atoms with Gasteiger partial charge in [0.2, 0.25) is 5.88 Å². The lowest BCUT2D eigenvalue weighted by molar-refractivity contribution is 0.102. The standard InChI is InChI=1S/C14H14BrN3O2/c1-8-6-10(15)12(7-11(8)16)18-13(19)9-4-3-5-17-14(9)20-2/h3-7H,16H2,1-2H3,(H,18,19). The molecule has 1 aromatic heterocycles. The maximum Gasteiger partial charge on any atom is 0.261 e. The molecular formula is C14H14BrN3O2. The molecule has 6 heteroatoms. The number of aromatic nitrogens is 1. The molecule has 20 heavy (non-hydrogen) atoms. The fourth-order valence-corrected chi connectivity index (χ4v) is 2.26. The number of rotatable bonds is 3. The van der Waals surface area contributed by atoms with Gasteiger partial charge in [-0.1, -0.05) is 0 Å². The lowest BCUT2D eigenvalue weighted by Crippen LogP contribution is -2.14. The molecule has 1 heterocycles. The quantitative estimate of drug-likeness (QED) is 0.845. The van der Waals surface area contributed by atoms with Gasteiger partial charge in [0.05, 0.1) is 12.8 Å². The Morgan fingerprint density at radius 2 is 2.20 bits per heavy atom. The van der Waals surface area contributed by atoms with Gasteiger partial charge in [0.1, 0.15) is 5.56 Å². The highest BCUT2D eigenvalue weighted by molar-refractivity contribution is 9.10. The summed E-state index contributed by atoms with van der Waals surface area (Å²) in [7, 11) is 1.47. The van der Waals surface area contributed by atoms with E-state index in [-0.39, 0.29) is 11.8 Å². The zero-order chi connectivity index (χ0) is 14.7. The van der Waals surface area contributed by atoms with Crippen LogP contribution in [0.5, 0.6) is 5.88 Å². The van der Waals surface area contributed by atoms with E-state index in [0.29, 0.717) is 16.9 Å². The van der Waals surface area contributed by atoms with Crippen molar-refractivity contribution in [2.45, 2.75) is 6.92 Å². The maximum absolute atomic E-state index is 12.2. The molecule has 104 valence electrons. The third kappa shape index (κ3) is 2.91. The van der Waals surface area contributed by atoms with Gasteiger partial charge in [-0.05, 0) is 52.7 Å². The molecule has 1 amide bonds. The topological polar surface area (TPSA) is 77.2 Å². The van der Waals surface area contributed by atoms with Crippen molar-refractivity contribution < 1.29 is 9.53 Å². The number of hydrogen-bond acceptors (Lipinski definition) is 4. The summed E-state index contributed by atoms with van der Waals surface area (Å²) in [6.07, 6.45) is 1.56. The number of nitrogens with zero attached hydrogens (tertiary/aromatic N) is 1. The van der Waals surface area contributed by atoms with Crippen LogP contribution >= 0.6 is 15.9 Å². The average Bonchev–Trinajstić information content (AvgIpc) is 2.44. The first kappa shape index (κ1) is 14.3. The van der Waals surface area contributed by atoms with E-state index in [1.165, 1.54) is 7.11 Å². The molecule has 0 saturated heterocycles. The second-order valence-corrected chi connectivity index (χ2v) is 5.06. The van der Waals surface area contributed by atoms with Crippen LogP contribution in [0.25, 0.3) is 0 Å². The molecule has 0 atom stereocenters. The number of anilines is 2. The highest BCUT2D eigenvalue weighted by atomic mass is 79.9. The van der Waals surface area contributed by atoms with Crippen LogP contribution in [0.15, 0.2) is 34.9 Å². The van der Waals surface area contributed by atoms with Crippen molar-refractivity contribution in [1.82, 2.24) is 4.98 Å². The zero-order valence-electron chi connectivity index (χ0n) is 11.1. The van der Waals surface area contributed by atoms with Crippen LogP contribution in [0.2, 0.25) is 0 Å². The first-order valence-corrected chi connectivity index (χ1v) is 6.68. The molecule has 0 radical (unpaired) electrons. The smallest absolute Gasteiger partial charge is 0.261 e. The van der Waals surface area contributed by atoms with E-state index in [2.05, 4.69) is 26.2 Å². The fraction of sp³-hybridized carbons (Fsp3) is 0.143. The van der Waals surface area contributed by atoms with Crippen molar-refractivity contribution in [3.05, 3.63) is 46.1 Å². The highest BCUT2D eigenvalue weighted by Crippen LogP contribution is 2.28. The second-order valence-electron chi connectivity index (χ2n) is 4.20. The predicted molar refractivity (Wildman–Crippen MR) is 82.0 cm³/mol. The van der Waals surface area contributed by atoms with Crippen molar-refractivity contribution in [2.75, 3.05) is 18.2 Å². The van der Waals surface area contributed by atoms with Crippen molar-refractivity contribution in [2.24, 2.45) is 0 Å². The Bertz CT molecular complexity index is 659. The second kappa shape index (κ2) is 5.92. The van der Waals surface area contributed by atoms with E-state index in [9.17, 15) is 4.79 Å². The Balaban J connectivity index is 2.30. The van der Waals surface area contributed by atoms with Crippen LogP contribution in [0, 0.1) is 6.92 Å². The van der Waals surface area contributed by atoms with Gasteiger partial charge in [0, 0.05) is 16.4 Å². The van der Waals surface area contributed by atoms with Gasteiger partial charge in [0.25, 0.3) is 5.91 Å². The normalized spacial score (nSPS) is 10.2. The molecule has 0 saturated carbocycles. The summed E-state index contributed by atoms with van der Waals surface area (Å²) >= 11 is 3.40. The minimum Gasteiger partial charge on any atom is -0.480 e. The average molecular weight is 336 g/mol. The molecule has 1 aromatic carbocycles. The third-order valence-corrected chi connectivity index (χ3v) is 3.47. The molecule has 2 aromatic rings. The summed E-state index contributed by atoms with van der Waals surface area (Å²) < 4.78 is 5.83. The zero-order valence-corrected chi connectivity index (χ0v) is 12.7. The number of ether oxygens (including phenoxy) is 1. The number of pyridine rings is 1. The van der Waals surface area contributed by atoms with Crippen LogP contribution in [0.3, 0.4) is 0 Å². The van der Waals surface area contributed by atoms with Gasteiger partial charge in [-0.3, -0.25) is 4.79 Å². The van der Waals surface area contributed by atoms with Gasteiger partial charge < -0.3 is 15.8 Å². The molecule has 0 bridgehead atoms. The number of hydrogen-bond donors (Lipinski definition) is 2. The number of halogens is 1. The minimum absolute atomic E-state index is 0.279. The summed E-state index contributed by atoms with van der Waals surface area (Å²) in [6, 6.07) is 6.88. The predicted octanol–water partition coefficient (Wildman–Crippen LogP) is 3.00. The monoisotopic (exact) mass is 335 g/mol. The largest absolute Gasteiger partial charge is 0.480 e. The number of nitrogens with one attached hydrogen (secondary N) is 1. The van der Waals surface area contributed by atoms with Crippen molar-refractivity contribution in [3.63, 3.8) is 0 Å².